The summed E-state index contributed by atoms with van der Waals surface area (Å²) in [6, 6.07) is 10.9. The summed E-state index contributed by atoms with van der Waals surface area (Å²) in [5, 5.41) is 14.2. The topological polar surface area (TPSA) is 119 Å². The number of nitro groups is 1. The zero-order valence-electron chi connectivity index (χ0n) is 13.9. The Morgan fingerprint density at radius 2 is 1.88 bits per heavy atom. The van der Waals surface area contributed by atoms with Crippen molar-refractivity contribution in [2.45, 2.75) is 6.54 Å². The van der Waals surface area contributed by atoms with Gasteiger partial charge < -0.3 is 16.0 Å². The minimum Gasteiger partial charge on any atom is -0.381 e. The first kappa shape index (κ1) is 17.9. The van der Waals surface area contributed by atoms with Crippen molar-refractivity contribution in [3.05, 3.63) is 69.3 Å². The van der Waals surface area contributed by atoms with Crippen molar-refractivity contribution < 1.29 is 14.5 Å². The summed E-state index contributed by atoms with van der Waals surface area (Å²) in [6.07, 6.45) is 0. The van der Waals surface area contributed by atoms with Crippen LogP contribution in [0.4, 0.5) is 11.4 Å². The van der Waals surface area contributed by atoms with Crippen LogP contribution in [0.25, 0.3) is 0 Å². The lowest BCUT2D eigenvalue weighted by atomic mass is 10.1. The molecule has 0 fully saturated rings. The fraction of sp³-hybridized carbons (Fsp3) is 0.176. The van der Waals surface area contributed by atoms with Gasteiger partial charge in [0.15, 0.2) is 0 Å². The van der Waals surface area contributed by atoms with Crippen molar-refractivity contribution in [2.75, 3.05) is 19.4 Å². The molecule has 0 atom stereocenters. The molecule has 0 unspecified atom stereocenters. The van der Waals surface area contributed by atoms with Crippen LogP contribution in [0.5, 0.6) is 0 Å². The van der Waals surface area contributed by atoms with Crippen molar-refractivity contribution in [1.82, 2.24) is 4.90 Å². The smallest absolute Gasteiger partial charge is 0.275 e. The van der Waals surface area contributed by atoms with Gasteiger partial charge in [0.2, 0.25) is 5.91 Å². The molecule has 0 aliphatic carbocycles. The molecule has 0 aromatic heterocycles. The van der Waals surface area contributed by atoms with Crippen LogP contribution in [-0.4, -0.2) is 35.7 Å². The van der Waals surface area contributed by atoms with Gasteiger partial charge in [-0.3, -0.25) is 19.7 Å². The number of anilines is 1. The van der Waals surface area contributed by atoms with Crippen molar-refractivity contribution in [1.29, 1.82) is 0 Å². The highest BCUT2D eigenvalue weighted by atomic mass is 16.6. The highest BCUT2D eigenvalue weighted by molar-refractivity contribution is 5.95. The number of nitrogens with two attached hydrogens (primary N) is 1. The molecule has 2 aromatic carbocycles. The highest BCUT2D eigenvalue weighted by Gasteiger charge is 2.16. The Morgan fingerprint density at radius 3 is 2.48 bits per heavy atom. The van der Waals surface area contributed by atoms with Gasteiger partial charge in [0.25, 0.3) is 11.6 Å². The zero-order chi connectivity index (χ0) is 18.6. The van der Waals surface area contributed by atoms with Crippen LogP contribution in [0.15, 0.2) is 42.5 Å². The lowest BCUT2D eigenvalue weighted by Gasteiger charge is -2.12. The van der Waals surface area contributed by atoms with Gasteiger partial charge in [-0.1, -0.05) is 6.07 Å². The molecule has 0 saturated heterocycles. The number of primary amides is 1. The Kier molecular flexibility index (Phi) is 5.33. The van der Waals surface area contributed by atoms with Crippen LogP contribution in [0.2, 0.25) is 0 Å². The largest absolute Gasteiger partial charge is 0.381 e. The van der Waals surface area contributed by atoms with E-state index in [9.17, 15) is 19.7 Å². The number of nitrogens with zero attached hydrogens (tertiary/aromatic N) is 2. The van der Waals surface area contributed by atoms with Crippen LogP contribution >= 0.6 is 0 Å². The van der Waals surface area contributed by atoms with E-state index in [1.807, 2.05) is 0 Å². The van der Waals surface area contributed by atoms with Gasteiger partial charge >= 0.3 is 0 Å². The van der Waals surface area contributed by atoms with E-state index in [0.29, 0.717) is 16.8 Å². The van der Waals surface area contributed by atoms with Crippen LogP contribution in [0, 0.1) is 10.1 Å². The van der Waals surface area contributed by atoms with Gasteiger partial charge in [0.05, 0.1) is 4.92 Å². The second kappa shape index (κ2) is 7.43. The number of amides is 2. The van der Waals surface area contributed by atoms with Crippen LogP contribution in [-0.2, 0) is 6.54 Å². The lowest BCUT2D eigenvalue weighted by molar-refractivity contribution is -0.385. The predicted octanol–water partition coefficient (Wildman–Crippen LogP) is 2.01. The fourth-order valence-electron chi connectivity index (χ4n) is 2.25. The summed E-state index contributed by atoms with van der Waals surface area (Å²) < 4.78 is 0. The van der Waals surface area contributed by atoms with E-state index in [1.54, 1.807) is 38.4 Å². The maximum Gasteiger partial charge on any atom is 0.275 e. The van der Waals surface area contributed by atoms with E-state index in [4.69, 9.17) is 5.73 Å². The molecule has 0 spiro atoms. The maximum atomic E-state index is 12.0. The van der Waals surface area contributed by atoms with Crippen LogP contribution in [0.3, 0.4) is 0 Å². The molecule has 0 saturated carbocycles. The Morgan fingerprint density at radius 1 is 1.16 bits per heavy atom. The second-order valence-corrected chi connectivity index (χ2v) is 5.60. The monoisotopic (exact) mass is 342 g/mol. The number of hydrogen-bond donors (Lipinski definition) is 2. The first-order valence-electron chi connectivity index (χ1n) is 7.42. The molecular formula is C17H18N4O4. The van der Waals surface area contributed by atoms with Crippen LogP contribution in [0.1, 0.15) is 26.3 Å². The van der Waals surface area contributed by atoms with Gasteiger partial charge in [0, 0.05) is 49.1 Å². The molecule has 0 radical (unpaired) electrons. The minimum absolute atomic E-state index is 0.0778. The summed E-state index contributed by atoms with van der Waals surface area (Å²) in [6.45, 7) is 0.162. The zero-order valence-corrected chi connectivity index (χ0v) is 13.9. The van der Waals surface area contributed by atoms with E-state index in [2.05, 4.69) is 5.32 Å². The third-order valence-electron chi connectivity index (χ3n) is 3.57. The number of benzene rings is 2. The van der Waals surface area contributed by atoms with E-state index in [1.165, 1.54) is 17.0 Å². The van der Waals surface area contributed by atoms with Crippen LogP contribution < -0.4 is 11.1 Å². The maximum absolute atomic E-state index is 12.0. The van der Waals surface area contributed by atoms with Gasteiger partial charge in [-0.15, -0.1) is 0 Å². The van der Waals surface area contributed by atoms with E-state index in [-0.39, 0.29) is 23.7 Å². The van der Waals surface area contributed by atoms with Crippen molar-refractivity contribution in [2.24, 2.45) is 5.73 Å². The Hall–Kier alpha value is -3.42. The van der Waals surface area contributed by atoms with Crippen molar-refractivity contribution >= 4 is 23.2 Å². The van der Waals surface area contributed by atoms with E-state index in [0.717, 1.165) is 6.07 Å². The quantitative estimate of drug-likeness (QED) is 0.615. The molecule has 8 heteroatoms. The number of rotatable bonds is 6. The normalized spacial score (nSPS) is 10.2. The van der Waals surface area contributed by atoms with Gasteiger partial charge in [0.1, 0.15) is 0 Å². The Balaban J connectivity index is 2.21. The number of hydrogen-bond acceptors (Lipinski definition) is 5. The number of nitro benzene ring substituents is 1. The Bertz CT molecular complexity index is 833. The van der Waals surface area contributed by atoms with E-state index >= 15 is 0 Å². The molecule has 0 aliphatic heterocycles. The van der Waals surface area contributed by atoms with E-state index < -0.39 is 10.8 Å². The second-order valence-electron chi connectivity index (χ2n) is 5.60. The first-order valence-corrected chi connectivity index (χ1v) is 7.42. The number of carbonyl (C=O) groups excluding carboxylic acids is 2. The average molecular weight is 342 g/mol. The molecule has 2 rings (SSSR count). The molecule has 0 aliphatic rings. The Labute approximate surface area is 144 Å². The third kappa shape index (κ3) is 4.31. The third-order valence-corrected chi connectivity index (χ3v) is 3.57. The average Bonchev–Trinajstić information content (AvgIpc) is 2.59. The van der Waals surface area contributed by atoms with Crippen molar-refractivity contribution in [3.63, 3.8) is 0 Å². The summed E-state index contributed by atoms with van der Waals surface area (Å²) in [5.41, 5.74) is 6.61. The standard InChI is InChI=1S/C17H18N4O4/c1-20(2)17(23)12-4-3-5-14(8-12)19-10-13-7-6-11(16(18)22)9-15(13)21(24)25/h3-9,19H,10H2,1-2H3,(H2,18,22). The summed E-state index contributed by atoms with van der Waals surface area (Å²) in [5.74, 6) is -0.863. The number of nitrogens with one attached hydrogen (secondary N) is 1. The molecule has 8 nitrogen and oxygen atoms in total. The summed E-state index contributed by atoms with van der Waals surface area (Å²) >= 11 is 0. The summed E-state index contributed by atoms with van der Waals surface area (Å²) in [4.78, 5) is 35.3. The summed E-state index contributed by atoms with van der Waals surface area (Å²) in [7, 11) is 3.32. The SMILES string of the molecule is CN(C)C(=O)c1cccc(NCc2ccc(C(N)=O)cc2[N+](=O)[O-])c1. The molecule has 130 valence electrons. The first-order chi connectivity index (χ1) is 11.8. The molecule has 25 heavy (non-hydrogen) atoms. The highest BCUT2D eigenvalue weighted by Crippen LogP contribution is 2.22. The molecule has 3 N–H and O–H groups in total. The fourth-order valence-corrected chi connectivity index (χ4v) is 2.25. The predicted molar refractivity (Wildman–Crippen MR) is 93.4 cm³/mol. The number of carbonyl (C=O) groups is 2. The van der Waals surface area contributed by atoms with Gasteiger partial charge in [-0.2, -0.15) is 0 Å². The lowest BCUT2D eigenvalue weighted by Crippen LogP contribution is -2.21. The molecular weight excluding hydrogens is 324 g/mol. The molecule has 0 bridgehead atoms. The van der Waals surface area contributed by atoms with Crippen molar-refractivity contribution in [3.8, 4) is 0 Å². The molecule has 0 heterocycles. The molecule has 2 amide bonds. The molecule has 2 aromatic rings. The van der Waals surface area contributed by atoms with Gasteiger partial charge in [-0.05, 0) is 30.3 Å². The van der Waals surface area contributed by atoms with Gasteiger partial charge in [-0.25, -0.2) is 0 Å². The minimum atomic E-state index is -0.725.